The molecule has 0 bridgehead atoms. The van der Waals surface area contributed by atoms with E-state index in [2.05, 4.69) is 5.32 Å². The first-order chi connectivity index (χ1) is 12.7. The Kier molecular flexibility index (Phi) is 5.38. The Morgan fingerprint density at radius 3 is 2.63 bits per heavy atom. The number of primary sulfonamides is 1. The van der Waals surface area contributed by atoms with Gasteiger partial charge in [0.15, 0.2) is 5.43 Å². The number of aromatic hydroxyl groups is 1. The molecule has 0 saturated heterocycles. The number of fused-ring (bicyclic) bond motifs is 2. The van der Waals surface area contributed by atoms with Crippen molar-refractivity contribution in [2.75, 3.05) is 32.5 Å². The fraction of sp³-hybridized carbons (Fsp3) is 0.278. The van der Waals surface area contributed by atoms with E-state index in [0.717, 1.165) is 6.54 Å². The summed E-state index contributed by atoms with van der Waals surface area (Å²) in [5.74, 6) is -0.338. The summed E-state index contributed by atoms with van der Waals surface area (Å²) in [6, 6.07) is 7.99. The normalized spacial score (nSPS) is 12.1. The van der Waals surface area contributed by atoms with Crippen molar-refractivity contribution in [1.82, 2.24) is 4.90 Å². The van der Waals surface area contributed by atoms with Gasteiger partial charge in [-0.15, -0.1) is 11.3 Å². The van der Waals surface area contributed by atoms with Crippen LogP contribution in [0.3, 0.4) is 0 Å². The van der Waals surface area contributed by atoms with Gasteiger partial charge in [0.25, 0.3) is 0 Å². The van der Waals surface area contributed by atoms with Crippen LogP contribution in [0, 0.1) is 0 Å². The third kappa shape index (κ3) is 4.38. The molecule has 0 unspecified atom stereocenters. The Morgan fingerprint density at radius 2 is 1.96 bits per heavy atom. The summed E-state index contributed by atoms with van der Waals surface area (Å²) in [4.78, 5) is 15.2. The van der Waals surface area contributed by atoms with Gasteiger partial charge >= 0.3 is 0 Å². The monoisotopic (exact) mass is 407 g/mol. The van der Waals surface area contributed by atoms with E-state index in [1.165, 1.54) is 23.5 Å². The van der Waals surface area contributed by atoms with Gasteiger partial charge < -0.3 is 15.3 Å². The smallest absolute Gasteiger partial charge is 0.213 e. The van der Waals surface area contributed by atoms with Crippen molar-refractivity contribution in [2.24, 2.45) is 5.14 Å². The number of hydrogen-bond acceptors (Lipinski definition) is 7. The fourth-order valence-corrected chi connectivity index (χ4v) is 4.85. The molecule has 7 nitrogen and oxygen atoms in total. The molecule has 0 spiro atoms. The summed E-state index contributed by atoms with van der Waals surface area (Å²) in [5, 5.41) is 19.0. The number of benzene rings is 2. The molecular formula is C18H21N3O4S2. The van der Waals surface area contributed by atoms with Crippen LogP contribution in [0.5, 0.6) is 5.75 Å². The second-order valence-electron chi connectivity index (χ2n) is 6.63. The summed E-state index contributed by atoms with van der Waals surface area (Å²) in [5.41, 5.74) is 0.873. The molecule has 0 radical (unpaired) electrons. The van der Waals surface area contributed by atoms with Crippen LogP contribution < -0.4 is 15.9 Å². The van der Waals surface area contributed by atoms with Crippen molar-refractivity contribution in [2.45, 2.75) is 5.75 Å². The first kappa shape index (κ1) is 19.6. The van der Waals surface area contributed by atoms with Gasteiger partial charge in [-0.1, -0.05) is 6.07 Å². The molecule has 9 heteroatoms. The zero-order chi connectivity index (χ0) is 19.8. The van der Waals surface area contributed by atoms with E-state index in [9.17, 15) is 18.3 Å². The molecule has 0 atom stereocenters. The van der Waals surface area contributed by atoms with Gasteiger partial charge in [0.1, 0.15) is 5.75 Å². The van der Waals surface area contributed by atoms with E-state index in [4.69, 9.17) is 5.14 Å². The third-order valence-corrected chi connectivity index (χ3v) is 6.08. The molecular weight excluding hydrogens is 386 g/mol. The van der Waals surface area contributed by atoms with Gasteiger partial charge in [0.05, 0.1) is 11.1 Å². The summed E-state index contributed by atoms with van der Waals surface area (Å²) >= 11 is 1.31. The molecule has 0 saturated carbocycles. The molecule has 1 aromatic heterocycles. The molecule has 3 aromatic rings. The highest BCUT2D eigenvalue weighted by atomic mass is 32.2. The molecule has 4 N–H and O–H groups in total. The number of anilines is 1. The molecule has 0 aliphatic rings. The number of likely N-dealkylation sites (N-methyl/N-ethyl adjacent to an activating group) is 1. The Hall–Kier alpha value is -2.20. The molecule has 3 rings (SSSR count). The number of phenolic OH excluding ortho intramolecular Hbond substituents is 1. The largest absolute Gasteiger partial charge is 0.508 e. The van der Waals surface area contributed by atoms with Gasteiger partial charge in [0.2, 0.25) is 10.0 Å². The maximum atomic E-state index is 13.1. The Balaban J connectivity index is 2.27. The van der Waals surface area contributed by atoms with E-state index in [1.807, 2.05) is 19.0 Å². The summed E-state index contributed by atoms with van der Waals surface area (Å²) in [7, 11) is 0.157. The molecule has 2 aromatic carbocycles. The Bertz CT molecular complexity index is 1170. The minimum Gasteiger partial charge on any atom is -0.508 e. The average molecular weight is 408 g/mol. The second kappa shape index (κ2) is 7.43. The molecule has 0 amide bonds. The quantitative estimate of drug-likeness (QED) is 0.538. The van der Waals surface area contributed by atoms with Crippen LogP contribution >= 0.6 is 11.3 Å². The van der Waals surface area contributed by atoms with Crippen LogP contribution in [0.1, 0.15) is 5.56 Å². The van der Waals surface area contributed by atoms with Crippen LogP contribution in [0.25, 0.3) is 20.2 Å². The van der Waals surface area contributed by atoms with E-state index in [1.54, 1.807) is 18.2 Å². The van der Waals surface area contributed by atoms with Crippen LogP contribution in [-0.2, 0) is 15.8 Å². The second-order valence-corrected chi connectivity index (χ2v) is 9.29. The van der Waals surface area contributed by atoms with Crippen molar-refractivity contribution in [3.8, 4) is 5.75 Å². The van der Waals surface area contributed by atoms with Crippen LogP contribution in [0.4, 0.5) is 5.69 Å². The molecule has 1 heterocycles. The fourth-order valence-electron chi connectivity index (χ4n) is 2.89. The SMILES string of the molecule is CN(C)CCNc1ccc(CS(N)(=O)=O)c2sc3ccc(O)cc3c(=O)c12. The minimum atomic E-state index is -3.74. The lowest BCUT2D eigenvalue weighted by Gasteiger charge is -2.15. The lowest BCUT2D eigenvalue weighted by atomic mass is 10.1. The molecule has 144 valence electrons. The topological polar surface area (TPSA) is 113 Å². The number of rotatable bonds is 6. The van der Waals surface area contributed by atoms with Crippen molar-refractivity contribution in [3.63, 3.8) is 0 Å². The molecule has 0 aliphatic carbocycles. The van der Waals surface area contributed by atoms with E-state index >= 15 is 0 Å². The van der Waals surface area contributed by atoms with Gasteiger partial charge in [-0.3, -0.25) is 4.79 Å². The van der Waals surface area contributed by atoms with Crippen molar-refractivity contribution in [3.05, 3.63) is 46.1 Å². The zero-order valence-electron chi connectivity index (χ0n) is 15.0. The average Bonchev–Trinajstić information content (AvgIpc) is 2.56. The first-order valence-corrected chi connectivity index (χ1v) is 10.8. The minimum absolute atomic E-state index is 0.00829. The van der Waals surface area contributed by atoms with E-state index in [0.29, 0.717) is 38.0 Å². The maximum Gasteiger partial charge on any atom is 0.213 e. The number of sulfonamides is 1. The number of phenols is 1. The first-order valence-electron chi connectivity index (χ1n) is 8.26. The number of nitrogens with zero attached hydrogens (tertiary/aromatic N) is 1. The lowest BCUT2D eigenvalue weighted by Crippen LogP contribution is -2.21. The Labute approximate surface area is 161 Å². The van der Waals surface area contributed by atoms with Crippen molar-refractivity contribution < 1.29 is 13.5 Å². The standard InChI is InChI=1S/C18H21N3O4S2/c1-21(2)8-7-20-14-5-3-11(10-27(19,24)25)18-16(14)17(23)13-9-12(22)4-6-15(13)26-18/h3-6,9,20,22H,7-8,10H2,1-2H3,(H2,19,24,25). The third-order valence-electron chi connectivity index (χ3n) is 4.12. The lowest BCUT2D eigenvalue weighted by molar-refractivity contribution is 0.425. The number of nitrogens with two attached hydrogens (primary N) is 1. The van der Waals surface area contributed by atoms with Crippen molar-refractivity contribution >= 4 is 47.2 Å². The zero-order valence-corrected chi connectivity index (χ0v) is 16.7. The van der Waals surface area contributed by atoms with Crippen molar-refractivity contribution in [1.29, 1.82) is 0 Å². The predicted molar refractivity (Wildman–Crippen MR) is 111 cm³/mol. The summed E-state index contributed by atoms with van der Waals surface area (Å²) in [6.45, 7) is 1.39. The highest BCUT2D eigenvalue weighted by Crippen LogP contribution is 2.33. The van der Waals surface area contributed by atoms with Gasteiger partial charge in [0, 0.05) is 33.6 Å². The molecule has 27 heavy (non-hydrogen) atoms. The summed E-state index contributed by atoms with van der Waals surface area (Å²) in [6.07, 6.45) is 0. The summed E-state index contributed by atoms with van der Waals surface area (Å²) < 4.78 is 24.5. The number of nitrogens with one attached hydrogen (secondary N) is 1. The Morgan fingerprint density at radius 1 is 1.22 bits per heavy atom. The molecule has 0 aliphatic heterocycles. The highest BCUT2D eigenvalue weighted by molar-refractivity contribution is 7.88. The van der Waals surface area contributed by atoms with Crippen LogP contribution in [-0.4, -0.2) is 45.6 Å². The predicted octanol–water partition coefficient (Wildman–Crippen LogP) is 1.88. The maximum absolute atomic E-state index is 13.1. The van der Waals surface area contributed by atoms with Gasteiger partial charge in [-0.2, -0.15) is 0 Å². The van der Waals surface area contributed by atoms with E-state index in [-0.39, 0.29) is 16.9 Å². The highest BCUT2D eigenvalue weighted by Gasteiger charge is 2.17. The number of hydrogen-bond donors (Lipinski definition) is 3. The van der Waals surface area contributed by atoms with Gasteiger partial charge in [-0.05, 0) is 43.9 Å². The van der Waals surface area contributed by atoms with Crippen LogP contribution in [0.2, 0.25) is 0 Å². The van der Waals surface area contributed by atoms with Crippen LogP contribution in [0.15, 0.2) is 35.1 Å². The molecule has 0 fully saturated rings. The van der Waals surface area contributed by atoms with Gasteiger partial charge in [-0.25, -0.2) is 13.6 Å². The van der Waals surface area contributed by atoms with E-state index < -0.39 is 10.0 Å².